The van der Waals surface area contributed by atoms with Gasteiger partial charge in [-0.1, -0.05) is 0 Å². The molecule has 1 heterocycles. The molecule has 80 valence electrons. The Bertz CT molecular complexity index is 386. The van der Waals surface area contributed by atoms with Crippen LogP contribution >= 0.6 is 0 Å². The third-order valence-corrected chi connectivity index (χ3v) is 1.99. The number of methoxy groups -OCH3 is 1. The van der Waals surface area contributed by atoms with E-state index in [0.717, 1.165) is 11.3 Å². The number of aryl methyl sites for hydroxylation is 1. The van der Waals surface area contributed by atoms with Crippen molar-refractivity contribution in [2.24, 2.45) is 0 Å². The largest absolute Gasteiger partial charge is 0.466 e. The van der Waals surface area contributed by atoms with Gasteiger partial charge in [-0.15, -0.1) is 0 Å². The van der Waals surface area contributed by atoms with Crippen LogP contribution in [0.15, 0.2) is 30.2 Å². The number of esters is 1. The number of carbonyl (C=O) groups is 1. The molecule has 0 aliphatic carbocycles. The molecular formula is C11H14N2O2. The summed E-state index contributed by atoms with van der Waals surface area (Å²) in [5, 5.41) is 3.00. The average molecular weight is 206 g/mol. The van der Waals surface area contributed by atoms with Crippen LogP contribution in [0, 0.1) is 6.92 Å². The fourth-order valence-corrected chi connectivity index (χ4v) is 1.02. The van der Waals surface area contributed by atoms with Crippen LogP contribution in [0.5, 0.6) is 0 Å². The van der Waals surface area contributed by atoms with Crippen molar-refractivity contribution in [1.82, 2.24) is 4.98 Å². The number of ether oxygens (including phenoxy) is 1. The highest BCUT2D eigenvalue weighted by atomic mass is 16.5. The summed E-state index contributed by atoms with van der Waals surface area (Å²) in [6.45, 7) is 3.65. The number of pyridine rings is 1. The summed E-state index contributed by atoms with van der Waals surface area (Å²) in [5.41, 5.74) is 2.46. The van der Waals surface area contributed by atoms with Gasteiger partial charge >= 0.3 is 5.97 Å². The van der Waals surface area contributed by atoms with E-state index in [1.165, 1.54) is 7.11 Å². The second-order valence-corrected chi connectivity index (χ2v) is 3.15. The van der Waals surface area contributed by atoms with Gasteiger partial charge in [0.2, 0.25) is 0 Å². The third kappa shape index (κ3) is 3.09. The fourth-order valence-electron chi connectivity index (χ4n) is 1.02. The number of anilines is 1. The van der Waals surface area contributed by atoms with Gasteiger partial charge in [-0.3, -0.25) is 4.98 Å². The number of hydrogen-bond acceptors (Lipinski definition) is 4. The molecule has 1 aromatic heterocycles. The molecule has 0 aromatic carbocycles. The van der Waals surface area contributed by atoms with E-state index in [1.807, 2.05) is 13.0 Å². The summed E-state index contributed by atoms with van der Waals surface area (Å²) in [4.78, 5) is 15.1. The summed E-state index contributed by atoms with van der Waals surface area (Å²) < 4.78 is 4.57. The zero-order chi connectivity index (χ0) is 11.3. The van der Waals surface area contributed by atoms with Crippen molar-refractivity contribution in [3.05, 3.63) is 35.8 Å². The van der Waals surface area contributed by atoms with Crippen LogP contribution in [0.2, 0.25) is 0 Å². The molecule has 0 saturated heterocycles. The number of hydrogen-bond donors (Lipinski definition) is 1. The van der Waals surface area contributed by atoms with Gasteiger partial charge in [-0.2, -0.15) is 0 Å². The van der Waals surface area contributed by atoms with Crippen LogP contribution in [-0.2, 0) is 9.53 Å². The number of carbonyl (C=O) groups excluding carboxylic acids is 1. The quantitative estimate of drug-likeness (QED) is 0.606. The lowest BCUT2D eigenvalue weighted by atomic mass is 10.2. The predicted molar refractivity (Wildman–Crippen MR) is 58.4 cm³/mol. The number of aromatic nitrogens is 1. The Morgan fingerprint density at radius 1 is 1.60 bits per heavy atom. The Balaban J connectivity index is 2.72. The molecule has 1 N–H and O–H groups in total. The first-order chi connectivity index (χ1) is 7.15. The van der Waals surface area contributed by atoms with E-state index in [9.17, 15) is 4.79 Å². The van der Waals surface area contributed by atoms with Crippen molar-refractivity contribution in [1.29, 1.82) is 0 Å². The normalized spacial score (nSPS) is 11.0. The highest BCUT2D eigenvalue weighted by molar-refractivity contribution is 5.88. The van der Waals surface area contributed by atoms with Crippen LogP contribution in [0.25, 0.3) is 0 Å². The SMILES string of the molecule is COC(=O)/C(C)=C/Nc1cnccc1C. The Labute approximate surface area is 89.0 Å². The van der Waals surface area contributed by atoms with Gasteiger partial charge in [-0.25, -0.2) is 4.79 Å². The van der Waals surface area contributed by atoms with E-state index >= 15 is 0 Å². The Kier molecular flexibility index (Phi) is 3.85. The highest BCUT2D eigenvalue weighted by Gasteiger charge is 2.02. The summed E-state index contributed by atoms with van der Waals surface area (Å²) in [7, 11) is 1.36. The molecule has 0 amide bonds. The standard InChI is InChI=1S/C11H14N2O2/c1-8-4-5-12-7-10(8)13-6-9(2)11(14)15-3/h4-7,13H,1-3H3/b9-6+. The van der Waals surface area contributed by atoms with Crippen LogP contribution in [0.4, 0.5) is 5.69 Å². The zero-order valence-electron chi connectivity index (χ0n) is 9.07. The summed E-state index contributed by atoms with van der Waals surface area (Å²) >= 11 is 0. The summed E-state index contributed by atoms with van der Waals surface area (Å²) in [6, 6.07) is 1.89. The van der Waals surface area contributed by atoms with E-state index in [2.05, 4.69) is 15.0 Å². The smallest absolute Gasteiger partial charge is 0.334 e. The van der Waals surface area contributed by atoms with E-state index < -0.39 is 0 Å². The molecule has 0 aliphatic rings. The molecule has 0 atom stereocenters. The molecule has 0 aliphatic heterocycles. The van der Waals surface area contributed by atoms with Crippen molar-refractivity contribution in [2.45, 2.75) is 13.8 Å². The van der Waals surface area contributed by atoms with Crippen molar-refractivity contribution in [3.8, 4) is 0 Å². The van der Waals surface area contributed by atoms with Gasteiger partial charge in [-0.05, 0) is 25.5 Å². The minimum absolute atomic E-state index is 0.343. The zero-order valence-corrected chi connectivity index (χ0v) is 9.07. The van der Waals surface area contributed by atoms with Crippen LogP contribution in [-0.4, -0.2) is 18.1 Å². The maximum absolute atomic E-state index is 11.1. The maximum atomic E-state index is 11.1. The van der Waals surface area contributed by atoms with Gasteiger partial charge < -0.3 is 10.1 Å². The fraction of sp³-hybridized carbons (Fsp3) is 0.273. The first kappa shape index (κ1) is 11.2. The Morgan fingerprint density at radius 3 is 2.93 bits per heavy atom. The lowest BCUT2D eigenvalue weighted by Gasteiger charge is -2.05. The van der Waals surface area contributed by atoms with Crippen LogP contribution in [0.1, 0.15) is 12.5 Å². The maximum Gasteiger partial charge on any atom is 0.334 e. The molecule has 4 heteroatoms. The topological polar surface area (TPSA) is 51.2 Å². The van der Waals surface area contributed by atoms with Gasteiger partial charge in [0.1, 0.15) is 0 Å². The minimum Gasteiger partial charge on any atom is -0.466 e. The molecule has 0 saturated carbocycles. The Morgan fingerprint density at radius 2 is 2.33 bits per heavy atom. The lowest BCUT2D eigenvalue weighted by molar-refractivity contribution is -0.136. The monoisotopic (exact) mass is 206 g/mol. The van der Waals surface area contributed by atoms with Crippen molar-refractivity contribution >= 4 is 11.7 Å². The molecule has 0 radical (unpaired) electrons. The van der Waals surface area contributed by atoms with Gasteiger partial charge in [0, 0.05) is 12.4 Å². The van der Waals surface area contributed by atoms with E-state index in [-0.39, 0.29) is 5.97 Å². The second kappa shape index (κ2) is 5.14. The predicted octanol–water partition coefficient (Wildman–Crippen LogP) is 1.88. The molecule has 0 spiro atoms. The van der Waals surface area contributed by atoms with Crippen LogP contribution < -0.4 is 5.32 Å². The summed E-state index contributed by atoms with van der Waals surface area (Å²) in [5.74, 6) is -0.343. The van der Waals surface area contributed by atoms with E-state index in [1.54, 1.807) is 25.5 Å². The molecule has 0 unspecified atom stereocenters. The molecule has 0 bridgehead atoms. The molecule has 15 heavy (non-hydrogen) atoms. The molecule has 1 rings (SSSR count). The van der Waals surface area contributed by atoms with Gasteiger partial charge in [0.25, 0.3) is 0 Å². The van der Waals surface area contributed by atoms with E-state index in [0.29, 0.717) is 5.57 Å². The number of nitrogens with zero attached hydrogens (tertiary/aromatic N) is 1. The minimum atomic E-state index is -0.343. The molecule has 4 nitrogen and oxygen atoms in total. The molecular weight excluding hydrogens is 192 g/mol. The number of nitrogens with one attached hydrogen (secondary N) is 1. The first-order valence-corrected chi connectivity index (χ1v) is 4.57. The van der Waals surface area contributed by atoms with Crippen LogP contribution in [0.3, 0.4) is 0 Å². The molecule has 0 fully saturated rings. The van der Waals surface area contributed by atoms with Crippen molar-refractivity contribution in [2.75, 3.05) is 12.4 Å². The second-order valence-electron chi connectivity index (χ2n) is 3.15. The Hall–Kier alpha value is -1.84. The average Bonchev–Trinajstić information content (AvgIpc) is 2.26. The third-order valence-electron chi connectivity index (χ3n) is 1.99. The molecule has 1 aromatic rings. The van der Waals surface area contributed by atoms with Gasteiger partial charge in [0.15, 0.2) is 0 Å². The highest BCUT2D eigenvalue weighted by Crippen LogP contribution is 2.11. The lowest BCUT2D eigenvalue weighted by Crippen LogP contribution is -2.04. The first-order valence-electron chi connectivity index (χ1n) is 4.57. The summed E-state index contributed by atoms with van der Waals surface area (Å²) in [6.07, 6.45) is 5.03. The van der Waals surface area contributed by atoms with E-state index in [4.69, 9.17) is 0 Å². The van der Waals surface area contributed by atoms with Gasteiger partial charge in [0.05, 0.1) is 24.6 Å². The van der Waals surface area contributed by atoms with Crippen molar-refractivity contribution < 1.29 is 9.53 Å². The number of rotatable bonds is 3. The van der Waals surface area contributed by atoms with Crippen molar-refractivity contribution in [3.63, 3.8) is 0 Å².